The van der Waals surface area contributed by atoms with Crippen LogP contribution in [0, 0.1) is 11.9 Å². The van der Waals surface area contributed by atoms with Crippen molar-refractivity contribution in [3.05, 3.63) is 18.1 Å². The summed E-state index contributed by atoms with van der Waals surface area (Å²) in [6, 6.07) is 3.44. The summed E-state index contributed by atoms with van der Waals surface area (Å²) in [6.07, 6.45) is 1.03. The number of aromatic nitrogens is 1. The molecule has 0 radical (unpaired) electrons. The van der Waals surface area contributed by atoms with Crippen LogP contribution in [0.15, 0.2) is 12.1 Å². The molecule has 2 aliphatic rings. The molecule has 1 N–H and O–H groups in total. The van der Waals surface area contributed by atoms with Crippen LogP contribution in [0.2, 0.25) is 0 Å². The monoisotopic (exact) mass is 322 g/mol. The van der Waals surface area contributed by atoms with Gasteiger partial charge in [0, 0.05) is 24.5 Å². The molecule has 2 aliphatic heterocycles. The first-order valence-electron chi connectivity index (χ1n) is 8.12. The van der Waals surface area contributed by atoms with E-state index < -0.39 is 24.3 Å². The Labute approximate surface area is 137 Å². The van der Waals surface area contributed by atoms with E-state index in [0.717, 1.165) is 26.2 Å². The van der Waals surface area contributed by atoms with E-state index in [-0.39, 0.29) is 0 Å². The summed E-state index contributed by atoms with van der Waals surface area (Å²) in [4.78, 5) is 4.00. The first-order chi connectivity index (χ1) is 10.8. The highest BCUT2D eigenvalue weighted by Gasteiger charge is 2.52. The van der Waals surface area contributed by atoms with Crippen LogP contribution in [-0.4, -0.2) is 43.1 Å². The van der Waals surface area contributed by atoms with Gasteiger partial charge in [0.2, 0.25) is 5.95 Å². The van der Waals surface area contributed by atoms with Crippen LogP contribution < -0.4 is 10.8 Å². The van der Waals surface area contributed by atoms with E-state index in [1.54, 1.807) is 12.1 Å². The van der Waals surface area contributed by atoms with Crippen LogP contribution in [0.4, 0.5) is 10.2 Å². The van der Waals surface area contributed by atoms with E-state index in [1.807, 2.05) is 27.7 Å². The van der Waals surface area contributed by atoms with Crippen LogP contribution in [-0.2, 0) is 14.0 Å². The van der Waals surface area contributed by atoms with Gasteiger partial charge in [-0.1, -0.05) is 6.07 Å². The number of hydrogen-bond acceptors (Lipinski definition) is 5. The van der Waals surface area contributed by atoms with Gasteiger partial charge in [-0.3, -0.25) is 0 Å². The second-order valence-corrected chi connectivity index (χ2v) is 7.28. The molecule has 1 aromatic heterocycles. The Morgan fingerprint density at radius 2 is 1.96 bits per heavy atom. The van der Waals surface area contributed by atoms with E-state index in [9.17, 15) is 4.39 Å². The van der Waals surface area contributed by atoms with Gasteiger partial charge in [-0.25, -0.2) is 4.98 Å². The van der Waals surface area contributed by atoms with Crippen molar-refractivity contribution < 1.29 is 18.4 Å². The van der Waals surface area contributed by atoms with Gasteiger partial charge in [0.15, 0.2) is 0 Å². The van der Waals surface area contributed by atoms with Crippen LogP contribution in [0.5, 0.6) is 0 Å². The Hall–Kier alpha value is -1.18. The lowest BCUT2D eigenvalue weighted by atomic mass is 9.80. The molecule has 7 heteroatoms. The Morgan fingerprint density at radius 1 is 1.26 bits per heavy atom. The average molecular weight is 322 g/mol. The van der Waals surface area contributed by atoms with E-state index >= 15 is 0 Å². The summed E-state index contributed by atoms with van der Waals surface area (Å²) in [5.41, 5.74) is -0.661. The van der Waals surface area contributed by atoms with E-state index in [0.29, 0.717) is 17.2 Å². The van der Waals surface area contributed by atoms with Crippen LogP contribution >= 0.6 is 0 Å². The van der Waals surface area contributed by atoms with Gasteiger partial charge in [0.25, 0.3) is 0 Å². The van der Waals surface area contributed by atoms with Crippen molar-refractivity contribution in [2.45, 2.75) is 45.3 Å². The molecule has 0 aromatic carbocycles. The minimum absolute atomic E-state index is 0.332. The number of nitrogens with one attached hydrogen (secondary N) is 1. The molecule has 3 heterocycles. The summed E-state index contributed by atoms with van der Waals surface area (Å²) < 4.78 is 31.4. The predicted octanol–water partition coefficient (Wildman–Crippen LogP) is 1.97. The van der Waals surface area contributed by atoms with Gasteiger partial charge >= 0.3 is 7.12 Å². The van der Waals surface area contributed by atoms with Crippen molar-refractivity contribution >= 4 is 18.4 Å². The molecular formula is C16H24BFN2O3. The van der Waals surface area contributed by atoms with Crippen molar-refractivity contribution in [1.29, 1.82) is 0 Å². The van der Waals surface area contributed by atoms with Crippen molar-refractivity contribution in [3.63, 3.8) is 0 Å². The average Bonchev–Trinajstić information content (AvgIpc) is 3.03. The molecule has 0 bridgehead atoms. The van der Waals surface area contributed by atoms with Crippen molar-refractivity contribution in [2.75, 3.05) is 25.1 Å². The Morgan fingerprint density at radius 3 is 2.52 bits per heavy atom. The van der Waals surface area contributed by atoms with E-state index in [1.165, 1.54) is 0 Å². The maximum absolute atomic E-state index is 14.4. The third-order valence-electron chi connectivity index (χ3n) is 4.98. The number of nitrogens with zero attached hydrogens (tertiary/aromatic N) is 1. The second kappa shape index (κ2) is 6.04. The molecule has 1 unspecified atom stereocenters. The fourth-order valence-electron chi connectivity index (χ4n) is 2.68. The molecular weight excluding hydrogens is 298 g/mol. The van der Waals surface area contributed by atoms with E-state index in [4.69, 9.17) is 14.0 Å². The summed E-state index contributed by atoms with van der Waals surface area (Å²) >= 11 is 0. The normalized spacial score (nSPS) is 25.8. The van der Waals surface area contributed by atoms with Gasteiger partial charge in [-0.15, -0.1) is 0 Å². The molecule has 3 rings (SSSR count). The smallest absolute Gasteiger partial charge is 0.399 e. The minimum atomic E-state index is -0.732. The first kappa shape index (κ1) is 16.7. The van der Waals surface area contributed by atoms with Crippen LogP contribution in [0.1, 0.15) is 34.1 Å². The maximum Gasteiger partial charge on any atom is 0.499 e. The summed E-state index contributed by atoms with van der Waals surface area (Å²) in [5, 5.41) is 3.16. The predicted molar refractivity (Wildman–Crippen MR) is 87.3 cm³/mol. The summed E-state index contributed by atoms with van der Waals surface area (Å²) in [7, 11) is -0.732. The fraction of sp³-hybridized carbons (Fsp3) is 0.688. The molecule has 126 valence electrons. The molecule has 1 atom stereocenters. The molecule has 0 aliphatic carbocycles. The molecule has 2 saturated heterocycles. The fourth-order valence-corrected chi connectivity index (χ4v) is 2.68. The first-order valence-corrected chi connectivity index (χ1v) is 8.12. The third-order valence-corrected chi connectivity index (χ3v) is 4.98. The highest BCUT2D eigenvalue weighted by Crippen LogP contribution is 2.36. The zero-order valence-electron chi connectivity index (χ0n) is 14.2. The van der Waals surface area contributed by atoms with Gasteiger partial charge in [-0.05, 0) is 40.2 Å². The highest BCUT2D eigenvalue weighted by molar-refractivity contribution is 6.62. The maximum atomic E-state index is 14.4. The number of pyridine rings is 1. The van der Waals surface area contributed by atoms with Crippen molar-refractivity contribution in [1.82, 2.24) is 4.98 Å². The minimum Gasteiger partial charge on any atom is -0.399 e. The highest BCUT2D eigenvalue weighted by atomic mass is 19.1. The van der Waals surface area contributed by atoms with Gasteiger partial charge in [-0.2, -0.15) is 4.39 Å². The second-order valence-electron chi connectivity index (χ2n) is 7.28. The zero-order chi connectivity index (χ0) is 16.7. The summed E-state index contributed by atoms with van der Waals surface area (Å²) in [6.45, 7) is 10.1. The molecule has 0 amide bonds. The van der Waals surface area contributed by atoms with Crippen molar-refractivity contribution in [3.8, 4) is 0 Å². The lowest BCUT2D eigenvalue weighted by Crippen LogP contribution is -2.41. The molecule has 0 saturated carbocycles. The number of halogens is 1. The SMILES string of the molecule is CC1(C)OB(c2ccc(NCC3CCOC3)nc2F)OC1(C)C. The lowest BCUT2D eigenvalue weighted by Gasteiger charge is -2.32. The third kappa shape index (κ3) is 3.37. The molecule has 0 spiro atoms. The van der Waals surface area contributed by atoms with Crippen LogP contribution in [0.25, 0.3) is 0 Å². The van der Waals surface area contributed by atoms with Crippen molar-refractivity contribution in [2.24, 2.45) is 5.92 Å². The van der Waals surface area contributed by atoms with Gasteiger partial charge in [0.05, 0.1) is 17.8 Å². The number of anilines is 1. The topological polar surface area (TPSA) is 52.6 Å². The standard InChI is InChI=1S/C16H24BFN2O3/c1-15(2)16(3,4)23-17(22-15)12-5-6-13(20-14(12)18)19-9-11-7-8-21-10-11/h5-6,11H,7-10H2,1-4H3,(H,19,20). The van der Waals surface area contributed by atoms with Gasteiger partial charge < -0.3 is 19.4 Å². The molecule has 5 nitrogen and oxygen atoms in total. The number of rotatable bonds is 4. The quantitative estimate of drug-likeness (QED) is 0.678. The Bertz CT molecular complexity index is 560. The lowest BCUT2D eigenvalue weighted by molar-refractivity contribution is 0.00578. The molecule has 1 aromatic rings. The molecule has 2 fully saturated rings. The summed E-state index contributed by atoms with van der Waals surface area (Å²) in [5.74, 6) is 0.425. The Balaban J connectivity index is 1.68. The van der Waals surface area contributed by atoms with E-state index in [2.05, 4.69) is 10.3 Å². The van der Waals surface area contributed by atoms with Crippen LogP contribution in [0.3, 0.4) is 0 Å². The Kier molecular flexibility index (Phi) is 4.38. The zero-order valence-corrected chi connectivity index (χ0v) is 14.2. The number of hydrogen-bond donors (Lipinski definition) is 1. The number of ether oxygens (including phenoxy) is 1. The molecule has 23 heavy (non-hydrogen) atoms. The van der Waals surface area contributed by atoms with Gasteiger partial charge in [0.1, 0.15) is 5.82 Å². The largest absolute Gasteiger partial charge is 0.499 e.